The van der Waals surface area contributed by atoms with Crippen LogP contribution in [-0.2, 0) is 24.4 Å². The summed E-state index contributed by atoms with van der Waals surface area (Å²) in [5.74, 6) is -1.72. The van der Waals surface area contributed by atoms with E-state index in [1.54, 1.807) is 11.8 Å². The van der Waals surface area contributed by atoms with E-state index in [0.717, 1.165) is 16.0 Å². The molecule has 2 aromatic heterocycles. The van der Waals surface area contributed by atoms with Crippen LogP contribution in [0.2, 0.25) is 18.1 Å². The summed E-state index contributed by atoms with van der Waals surface area (Å²) in [6, 6.07) is 9.78. The molecule has 1 N–H and O–H groups in total. The molecule has 188 valence electrons. The smallest absolute Gasteiger partial charge is 0.234 e. The first-order valence-electron chi connectivity index (χ1n) is 11.7. The molecule has 5 unspecified atom stereocenters. The molecule has 4 heterocycles. The number of ether oxygens (including phenoxy) is 3. The molecule has 0 radical (unpaired) electrons. The highest BCUT2D eigenvalue weighted by Gasteiger charge is 2.63. The lowest BCUT2D eigenvalue weighted by Gasteiger charge is -2.37. The van der Waals surface area contributed by atoms with Gasteiger partial charge >= 0.3 is 0 Å². The number of nitrogens with zero attached hydrogens (tertiary/aromatic N) is 2. The molecule has 2 aliphatic rings. The molecular formula is C25H32N2O5S2Si. The zero-order valence-electron chi connectivity index (χ0n) is 20.8. The van der Waals surface area contributed by atoms with E-state index in [-0.39, 0.29) is 5.04 Å². The normalized spacial score (nSPS) is 29.1. The largest absolute Gasteiger partial charge is 0.414 e. The summed E-state index contributed by atoms with van der Waals surface area (Å²) in [4.78, 5) is 9.47. The number of hydrogen-bond donors (Lipinski definition) is 1. The molecule has 0 bridgehead atoms. The van der Waals surface area contributed by atoms with Gasteiger partial charge in [-0.25, -0.2) is 9.97 Å². The van der Waals surface area contributed by atoms with E-state index < -0.39 is 38.7 Å². The summed E-state index contributed by atoms with van der Waals surface area (Å²) in [5, 5.41) is 15.9. The summed E-state index contributed by atoms with van der Waals surface area (Å²) in [6.07, 6.45) is 1.19. The number of aromatic nitrogens is 2. The number of benzene rings is 1. The third-order valence-electron chi connectivity index (χ3n) is 7.29. The lowest BCUT2D eigenvalue weighted by atomic mass is 10.0. The number of rotatable bonds is 6. The van der Waals surface area contributed by atoms with Crippen LogP contribution in [0.5, 0.6) is 0 Å². The molecule has 35 heavy (non-hydrogen) atoms. The highest BCUT2D eigenvalue weighted by atomic mass is 32.2. The van der Waals surface area contributed by atoms with Crippen molar-refractivity contribution in [2.75, 3.05) is 12.9 Å². The first-order valence-corrected chi connectivity index (χ1v) is 16.7. The average molecular weight is 533 g/mol. The fourth-order valence-corrected chi connectivity index (χ4v) is 6.94. The van der Waals surface area contributed by atoms with E-state index >= 15 is 0 Å². The van der Waals surface area contributed by atoms with Crippen LogP contribution < -0.4 is 0 Å². The van der Waals surface area contributed by atoms with Gasteiger partial charge in [-0.1, -0.05) is 51.1 Å². The molecule has 2 fully saturated rings. The quantitative estimate of drug-likeness (QED) is 0.255. The van der Waals surface area contributed by atoms with Crippen LogP contribution >= 0.6 is 23.1 Å². The summed E-state index contributed by atoms with van der Waals surface area (Å²) in [7, 11) is -2.04. The molecule has 2 saturated heterocycles. The molecule has 2 aliphatic heterocycles. The van der Waals surface area contributed by atoms with E-state index in [1.165, 1.54) is 17.7 Å². The maximum Gasteiger partial charge on any atom is 0.234 e. The van der Waals surface area contributed by atoms with Gasteiger partial charge < -0.3 is 23.7 Å². The van der Waals surface area contributed by atoms with Crippen LogP contribution in [0.4, 0.5) is 0 Å². The lowest BCUT2D eigenvalue weighted by molar-refractivity contribution is -0.264. The molecule has 0 aliphatic carbocycles. The molecular weight excluding hydrogens is 501 g/mol. The van der Waals surface area contributed by atoms with Gasteiger partial charge in [0.1, 0.15) is 29.7 Å². The SMILES string of the molecule is CSc1ncnc2c(C3(O)OC(CO[Si](C)(C)C(C)(C)C)C4OC(c5ccccc5)OC43)scc12. The molecule has 10 heteroatoms. The fraction of sp³-hybridized carbons (Fsp3) is 0.520. The Labute approximate surface area is 215 Å². The minimum Gasteiger partial charge on any atom is -0.414 e. The van der Waals surface area contributed by atoms with Gasteiger partial charge in [0.25, 0.3) is 0 Å². The Hall–Kier alpha value is -1.37. The molecule has 0 spiro atoms. The monoisotopic (exact) mass is 532 g/mol. The van der Waals surface area contributed by atoms with Crippen LogP contribution in [-0.4, -0.2) is 54.6 Å². The Morgan fingerprint density at radius 1 is 1.17 bits per heavy atom. The van der Waals surface area contributed by atoms with Gasteiger partial charge in [0.2, 0.25) is 5.79 Å². The van der Waals surface area contributed by atoms with Gasteiger partial charge in [0, 0.05) is 16.3 Å². The molecule has 5 atom stereocenters. The minimum atomic E-state index is -2.04. The third kappa shape index (κ3) is 4.38. The maximum absolute atomic E-state index is 12.1. The van der Waals surface area contributed by atoms with Crippen molar-refractivity contribution in [3.8, 4) is 0 Å². The number of hydrogen-bond acceptors (Lipinski definition) is 9. The minimum absolute atomic E-state index is 0.0516. The molecule has 3 aromatic rings. The van der Waals surface area contributed by atoms with Crippen molar-refractivity contribution < 1.29 is 23.7 Å². The Bertz CT molecular complexity index is 1200. The van der Waals surface area contributed by atoms with E-state index in [4.69, 9.17) is 18.6 Å². The van der Waals surface area contributed by atoms with Gasteiger partial charge in [-0.05, 0) is 24.4 Å². The molecule has 5 rings (SSSR count). The molecule has 1 aromatic carbocycles. The molecule has 0 amide bonds. The predicted molar refractivity (Wildman–Crippen MR) is 140 cm³/mol. The molecule has 7 nitrogen and oxygen atoms in total. The van der Waals surface area contributed by atoms with Gasteiger partial charge in [0.05, 0.1) is 17.0 Å². The predicted octanol–water partition coefficient (Wildman–Crippen LogP) is 5.46. The summed E-state index contributed by atoms with van der Waals surface area (Å²) in [6.45, 7) is 11.3. The number of thioether (sulfide) groups is 1. The van der Waals surface area contributed by atoms with Gasteiger partial charge in [0.15, 0.2) is 14.6 Å². The second-order valence-corrected chi connectivity index (χ2v) is 17.0. The second-order valence-electron chi connectivity index (χ2n) is 10.5. The van der Waals surface area contributed by atoms with Crippen LogP contribution in [0.15, 0.2) is 47.1 Å². The van der Waals surface area contributed by atoms with Crippen molar-refractivity contribution in [3.63, 3.8) is 0 Å². The van der Waals surface area contributed by atoms with E-state index in [1.807, 2.05) is 42.0 Å². The van der Waals surface area contributed by atoms with E-state index in [0.29, 0.717) is 17.0 Å². The van der Waals surface area contributed by atoms with Crippen LogP contribution in [0.3, 0.4) is 0 Å². The average Bonchev–Trinajstić information content (AvgIpc) is 3.52. The summed E-state index contributed by atoms with van der Waals surface area (Å²) in [5.41, 5.74) is 1.57. The van der Waals surface area contributed by atoms with E-state index in [9.17, 15) is 5.11 Å². The van der Waals surface area contributed by atoms with E-state index in [2.05, 4.69) is 43.8 Å². The van der Waals surface area contributed by atoms with Crippen LogP contribution in [0, 0.1) is 0 Å². The first kappa shape index (κ1) is 25.3. The Kier molecular flexibility index (Phi) is 6.63. The highest BCUT2D eigenvalue weighted by Crippen LogP contribution is 2.51. The highest BCUT2D eigenvalue weighted by molar-refractivity contribution is 7.98. The molecule has 0 saturated carbocycles. The second kappa shape index (κ2) is 9.18. The van der Waals surface area contributed by atoms with Crippen LogP contribution in [0.1, 0.15) is 37.5 Å². The van der Waals surface area contributed by atoms with Crippen molar-refractivity contribution >= 4 is 42.3 Å². The van der Waals surface area contributed by atoms with Crippen molar-refractivity contribution in [1.29, 1.82) is 0 Å². The fourth-order valence-electron chi connectivity index (χ4n) is 4.26. The topological polar surface area (TPSA) is 82.9 Å². The summed E-state index contributed by atoms with van der Waals surface area (Å²) >= 11 is 2.95. The maximum atomic E-state index is 12.1. The van der Waals surface area contributed by atoms with Crippen LogP contribution in [0.25, 0.3) is 10.9 Å². The Morgan fingerprint density at radius 3 is 2.60 bits per heavy atom. The van der Waals surface area contributed by atoms with Gasteiger partial charge in [-0.15, -0.1) is 23.1 Å². The van der Waals surface area contributed by atoms with Crippen molar-refractivity contribution in [1.82, 2.24) is 9.97 Å². The van der Waals surface area contributed by atoms with Gasteiger partial charge in [-0.2, -0.15) is 0 Å². The summed E-state index contributed by atoms with van der Waals surface area (Å²) < 4.78 is 25.6. The number of fused-ring (bicyclic) bond motifs is 2. The van der Waals surface area contributed by atoms with Gasteiger partial charge in [-0.3, -0.25) is 0 Å². The zero-order chi connectivity index (χ0) is 25.0. The zero-order valence-corrected chi connectivity index (χ0v) is 23.5. The standard InChI is InChI=1S/C25H32N2O5S2Si/c1-24(2,3)35(5,6)29-12-17-19-20(31-23(30-19)15-10-8-7-9-11-15)25(28,32-17)21-18-16(13-34-21)22(33-4)27-14-26-18/h7-11,13-14,17,19-20,23,28H,12H2,1-6H3. The number of thiophene rings is 1. The number of aliphatic hydroxyl groups is 1. The third-order valence-corrected chi connectivity index (χ3v) is 13.6. The lowest BCUT2D eigenvalue weighted by Crippen LogP contribution is -2.44. The Balaban J connectivity index is 1.51. The van der Waals surface area contributed by atoms with Crippen molar-refractivity contribution in [2.45, 2.75) is 74.3 Å². The van der Waals surface area contributed by atoms with Crippen molar-refractivity contribution in [3.05, 3.63) is 52.5 Å². The first-order chi connectivity index (χ1) is 16.5. The Morgan fingerprint density at radius 2 is 1.91 bits per heavy atom. The van der Waals surface area contributed by atoms with Crippen molar-refractivity contribution in [2.24, 2.45) is 0 Å².